The van der Waals surface area contributed by atoms with Gasteiger partial charge in [-0.15, -0.1) is 0 Å². The summed E-state index contributed by atoms with van der Waals surface area (Å²) in [6, 6.07) is 0. The van der Waals surface area contributed by atoms with Crippen LogP contribution in [0.2, 0.25) is 0 Å². The molecular formula is C10H15BrN2. The first-order chi connectivity index (χ1) is 6.15. The van der Waals surface area contributed by atoms with E-state index in [2.05, 4.69) is 46.5 Å². The largest absolute Gasteiger partial charge is 0.270 e. The van der Waals surface area contributed by atoms with Crippen LogP contribution in [0.25, 0.3) is 0 Å². The molecule has 1 fully saturated rings. The first kappa shape index (κ1) is 9.25. The second kappa shape index (κ2) is 3.12. The molecule has 1 aromatic heterocycles. The topological polar surface area (TPSA) is 17.8 Å². The maximum Gasteiger partial charge on any atom is 0.0631 e. The van der Waals surface area contributed by atoms with Crippen molar-refractivity contribution in [2.75, 3.05) is 0 Å². The molecule has 0 spiro atoms. The van der Waals surface area contributed by atoms with Crippen molar-refractivity contribution >= 4 is 15.9 Å². The molecule has 0 saturated heterocycles. The van der Waals surface area contributed by atoms with Crippen LogP contribution in [0.4, 0.5) is 0 Å². The molecular weight excluding hydrogens is 228 g/mol. The molecule has 13 heavy (non-hydrogen) atoms. The van der Waals surface area contributed by atoms with Crippen LogP contribution < -0.4 is 0 Å². The molecule has 2 unspecified atom stereocenters. The zero-order chi connectivity index (χ0) is 9.59. The van der Waals surface area contributed by atoms with Crippen molar-refractivity contribution in [2.24, 2.45) is 0 Å². The Balaban J connectivity index is 2.39. The molecule has 0 aromatic carbocycles. The van der Waals surface area contributed by atoms with Crippen molar-refractivity contribution < 1.29 is 0 Å². The summed E-state index contributed by atoms with van der Waals surface area (Å²) in [5.41, 5.74) is 4.04. The highest BCUT2D eigenvalue weighted by Crippen LogP contribution is 2.48. The quantitative estimate of drug-likeness (QED) is 0.730. The Hall–Kier alpha value is -0.310. The van der Waals surface area contributed by atoms with Crippen LogP contribution in [-0.2, 0) is 6.54 Å². The number of nitrogens with zero attached hydrogens (tertiary/aromatic N) is 2. The van der Waals surface area contributed by atoms with Crippen molar-refractivity contribution in [1.82, 2.24) is 9.78 Å². The standard InChI is InChI=1S/C10H15BrN2/c1-4-13-7(3)10(6(2)12-13)8-5-9(8)11/h8-9H,4-5H2,1-3H3. The summed E-state index contributed by atoms with van der Waals surface area (Å²) in [5, 5.41) is 4.52. The third kappa shape index (κ3) is 1.43. The lowest BCUT2D eigenvalue weighted by atomic mass is 10.1. The Morgan fingerprint density at radius 2 is 2.15 bits per heavy atom. The fourth-order valence-electron chi connectivity index (χ4n) is 2.02. The lowest BCUT2D eigenvalue weighted by Gasteiger charge is -2.00. The molecule has 0 amide bonds. The third-order valence-corrected chi connectivity index (χ3v) is 3.83. The van der Waals surface area contributed by atoms with E-state index in [0.29, 0.717) is 4.83 Å². The molecule has 2 atom stereocenters. The van der Waals surface area contributed by atoms with E-state index in [9.17, 15) is 0 Å². The smallest absolute Gasteiger partial charge is 0.0631 e. The number of rotatable bonds is 2. The normalized spacial score (nSPS) is 26.5. The molecule has 2 rings (SSSR count). The molecule has 3 heteroatoms. The van der Waals surface area contributed by atoms with Crippen molar-refractivity contribution in [3.8, 4) is 0 Å². The fraction of sp³-hybridized carbons (Fsp3) is 0.700. The minimum absolute atomic E-state index is 0.694. The Labute approximate surface area is 87.5 Å². The van der Waals surface area contributed by atoms with Gasteiger partial charge in [0.25, 0.3) is 0 Å². The highest BCUT2D eigenvalue weighted by atomic mass is 79.9. The summed E-state index contributed by atoms with van der Waals surface area (Å²) in [4.78, 5) is 0.694. The summed E-state index contributed by atoms with van der Waals surface area (Å²) < 4.78 is 2.10. The highest BCUT2D eigenvalue weighted by Gasteiger charge is 2.39. The molecule has 0 radical (unpaired) electrons. The number of hydrogen-bond donors (Lipinski definition) is 0. The lowest BCUT2D eigenvalue weighted by Crippen LogP contribution is -1.99. The Morgan fingerprint density at radius 1 is 1.54 bits per heavy atom. The predicted octanol–water partition coefficient (Wildman–Crippen LogP) is 2.77. The van der Waals surface area contributed by atoms with E-state index in [1.165, 1.54) is 23.4 Å². The summed E-state index contributed by atoms with van der Waals surface area (Å²) in [5.74, 6) is 0.722. The third-order valence-electron chi connectivity index (χ3n) is 2.82. The Morgan fingerprint density at radius 3 is 2.54 bits per heavy atom. The van der Waals surface area contributed by atoms with Crippen LogP contribution in [-0.4, -0.2) is 14.6 Å². The predicted molar refractivity (Wildman–Crippen MR) is 57.4 cm³/mol. The Kier molecular flexibility index (Phi) is 2.22. The van der Waals surface area contributed by atoms with Crippen LogP contribution in [0.3, 0.4) is 0 Å². The second-order valence-corrected chi connectivity index (χ2v) is 4.93. The molecule has 72 valence electrons. The SMILES string of the molecule is CCn1nc(C)c(C2CC2Br)c1C. The van der Waals surface area contributed by atoms with Gasteiger partial charge in [0.2, 0.25) is 0 Å². The van der Waals surface area contributed by atoms with Gasteiger partial charge in [-0.1, -0.05) is 15.9 Å². The van der Waals surface area contributed by atoms with Gasteiger partial charge >= 0.3 is 0 Å². The average molecular weight is 243 g/mol. The van der Waals surface area contributed by atoms with Crippen molar-refractivity contribution in [2.45, 2.75) is 44.5 Å². The van der Waals surface area contributed by atoms with E-state index >= 15 is 0 Å². The van der Waals surface area contributed by atoms with Gasteiger partial charge in [0.15, 0.2) is 0 Å². The Bertz CT molecular complexity index is 330. The molecule has 1 aromatic rings. The number of alkyl halides is 1. The van der Waals surface area contributed by atoms with Gasteiger partial charge < -0.3 is 0 Å². The first-order valence-corrected chi connectivity index (χ1v) is 5.74. The molecule has 1 aliphatic carbocycles. The zero-order valence-corrected chi connectivity index (χ0v) is 9.93. The van der Waals surface area contributed by atoms with Gasteiger partial charge in [-0.3, -0.25) is 4.68 Å². The van der Waals surface area contributed by atoms with Gasteiger partial charge in [-0.25, -0.2) is 0 Å². The van der Waals surface area contributed by atoms with Crippen LogP contribution in [0.5, 0.6) is 0 Å². The highest BCUT2D eigenvalue weighted by molar-refractivity contribution is 9.09. The molecule has 1 saturated carbocycles. The molecule has 2 nitrogen and oxygen atoms in total. The van der Waals surface area contributed by atoms with Crippen molar-refractivity contribution in [3.63, 3.8) is 0 Å². The average Bonchev–Trinajstić information content (AvgIpc) is 2.70. The summed E-state index contributed by atoms with van der Waals surface area (Å²) >= 11 is 3.65. The maximum absolute atomic E-state index is 4.52. The van der Waals surface area contributed by atoms with E-state index in [-0.39, 0.29) is 0 Å². The monoisotopic (exact) mass is 242 g/mol. The number of aryl methyl sites for hydroxylation is 2. The molecule has 1 heterocycles. The van der Waals surface area contributed by atoms with Crippen LogP contribution in [0.1, 0.15) is 36.2 Å². The van der Waals surface area contributed by atoms with E-state index in [1.54, 1.807) is 0 Å². The van der Waals surface area contributed by atoms with E-state index < -0.39 is 0 Å². The lowest BCUT2D eigenvalue weighted by molar-refractivity contribution is 0.633. The van der Waals surface area contributed by atoms with Gasteiger partial charge in [-0.05, 0) is 27.2 Å². The zero-order valence-electron chi connectivity index (χ0n) is 8.34. The molecule has 0 bridgehead atoms. The number of aromatic nitrogens is 2. The first-order valence-electron chi connectivity index (χ1n) is 4.83. The summed E-state index contributed by atoms with van der Waals surface area (Å²) in [6.07, 6.45) is 1.27. The fourth-order valence-corrected chi connectivity index (χ4v) is 2.69. The van der Waals surface area contributed by atoms with Crippen LogP contribution >= 0.6 is 15.9 Å². The van der Waals surface area contributed by atoms with E-state index in [4.69, 9.17) is 0 Å². The summed E-state index contributed by atoms with van der Waals surface area (Å²) in [6.45, 7) is 7.41. The van der Waals surface area contributed by atoms with Crippen molar-refractivity contribution in [3.05, 3.63) is 17.0 Å². The minimum Gasteiger partial charge on any atom is -0.270 e. The van der Waals surface area contributed by atoms with Gasteiger partial charge in [0.1, 0.15) is 0 Å². The minimum atomic E-state index is 0.694. The molecule has 1 aliphatic rings. The second-order valence-electron chi connectivity index (χ2n) is 3.76. The number of halogens is 1. The van der Waals surface area contributed by atoms with Gasteiger partial charge in [0.05, 0.1) is 5.69 Å². The van der Waals surface area contributed by atoms with Crippen molar-refractivity contribution in [1.29, 1.82) is 0 Å². The molecule has 0 aliphatic heterocycles. The number of hydrogen-bond acceptors (Lipinski definition) is 1. The summed E-state index contributed by atoms with van der Waals surface area (Å²) in [7, 11) is 0. The van der Waals surface area contributed by atoms with Gasteiger partial charge in [0, 0.05) is 28.5 Å². The van der Waals surface area contributed by atoms with Crippen LogP contribution in [0, 0.1) is 13.8 Å². The maximum atomic E-state index is 4.52. The molecule has 0 N–H and O–H groups in total. The van der Waals surface area contributed by atoms with Gasteiger partial charge in [-0.2, -0.15) is 5.10 Å². The van der Waals surface area contributed by atoms with E-state index in [0.717, 1.165) is 12.5 Å². The van der Waals surface area contributed by atoms with Crippen LogP contribution in [0.15, 0.2) is 0 Å². The van der Waals surface area contributed by atoms with E-state index in [1.807, 2.05) is 0 Å².